The van der Waals surface area contributed by atoms with E-state index >= 15 is 0 Å². The Balaban J connectivity index is 3.22. The standard InChI is InChI=1S/C8H9N2O3/c1-8(2,4-11)6-5(7(9)12)3-13-10-6/h4H,1-2H3,(H2,9,12). The number of nitrogens with zero attached hydrogens (tertiary/aromatic N) is 1. The fourth-order valence-corrected chi connectivity index (χ4v) is 0.871. The summed E-state index contributed by atoms with van der Waals surface area (Å²) in [6.45, 7) is 3.22. The zero-order chi connectivity index (χ0) is 10.1. The van der Waals surface area contributed by atoms with Gasteiger partial charge in [-0.25, -0.2) is 0 Å². The lowest BCUT2D eigenvalue weighted by atomic mass is 9.89. The molecule has 13 heavy (non-hydrogen) atoms. The summed E-state index contributed by atoms with van der Waals surface area (Å²) in [5.74, 6) is -0.703. The van der Waals surface area contributed by atoms with Gasteiger partial charge in [0.15, 0.2) is 0 Å². The van der Waals surface area contributed by atoms with Crippen molar-refractivity contribution in [2.24, 2.45) is 5.73 Å². The molecule has 0 fully saturated rings. The van der Waals surface area contributed by atoms with Gasteiger partial charge in [0.25, 0.3) is 5.91 Å². The minimum atomic E-state index is -0.881. The van der Waals surface area contributed by atoms with Crippen molar-refractivity contribution in [2.45, 2.75) is 19.3 Å². The van der Waals surface area contributed by atoms with Crippen molar-refractivity contribution in [2.75, 3.05) is 0 Å². The first-order valence-electron chi connectivity index (χ1n) is 3.63. The van der Waals surface area contributed by atoms with E-state index in [4.69, 9.17) is 5.73 Å². The lowest BCUT2D eigenvalue weighted by Gasteiger charge is -2.12. The largest absolute Gasteiger partial charge is 0.365 e. The molecule has 2 N–H and O–H groups in total. The summed E-state index contributed by atoms with van der Waals surface area (Å²) in [6, 6.07) is 0. The SMILES string of the molecule is CC(C)(C=O)c1no[c]c1C(N)=O. The number of aromatic nitrogens is 1. The molecule has 1 heterocycles. The predicted octanol–water partition coefficient (Wildman–Crippen LogP) is 0.0502. The molecule has 0 spiro atoms. The number of primary amides is 1. The third-order valence-corrected chi connectivity index (χ3v) is 1.67. The Morgan fingerprint density at radius 1 is 1.69 bits per heavy atom. The van der Waals surface area contributed by atoms with Gasteiger partial charge >= 0.3 is 0 Å². The van der Waals surface area contributed by atoms with E-state index in [1.165, 1.54) is 0 Å². The number of amides is 1. The van der Waals surface area contributed by atoms with Crippen LogP contribution in [-0.2, 0) is 10.2 Å². The van der Waals surface area contributed by atoms with Gasteiger partial charge in [-0.1, -0.05) is 5.16 Å². The Morgan fingerprint density at radius 2 is 2.31 bits per heavy atom. The summed E-state index contributed by atoms with van der Waals surface area (Å²) >= 11 is 0. The van der Waals surface area contributed by atoms with Crippen molar-refractivity contribution >= 4 is 12.2 Å². The first kappa shape index (κ1) is 9.44. The van der Waals surface area contributed by atoms with Crippen LogP contribution in [0, 0.1) is 6.26 Å². The van der Waals surface area contributed by atoms with Gasteiger partial charge in [-0.3, -0.25) is 4.79 Å². The van der Waals surface area contributed by atoms with Crippen LogP contribution in [0.3, 0.4) is 0 Å². The highest BCUT2D eigenvalue weighted by Gasteiger charge is 2.29. The number of rotatable bonds is 3. The highest BCUT2D eigenvalue weighted by molar-refractivity contribution is 5.94. The fraction of sp³-hybridized carbons (Fsp3) is 0.375. The van der Waals surface area contributed by atoms with E-state index in [0.717, 1.165) is 0 Å². The molecule has 0 bridgehead atoms. The highest BCUT2D eigenvalue weighted by atomic mass is 16.5. The number of hydrogen-bond donors (Lipinski definition) is 1. The van der Waals surface area contributed by atoms with Crippen molar-refractivity contribution in [3.63, 3.8) is 0 Å². The van der Waals surface area contributed by atoms with Gasteiger partial charge in [0.2, 0.25) is 6.26 Å². The maximum absolute atomic E-state index is 10.8. The second kappa shape index (κ2) is 3.01. The first-order valence-corrected chi connectivity index (χ1v) is 3.63. The molecule has 1 amide bonds. The molecule has 0 aromatic carbocycles. The van der Waals surface area contributed by atoms with E-state index in [1.807, 2.05) is 0 Å². The number of aldehydes is 1. The molecule has 0 atom stereocenters. The van der Waals surface area contributed by atoms with Crippen LogP contribution in [0.2, 0.25) is 0 Å². The van der Waals surface area contributed by atoms with Gasteiger partial charge < -0.3 is 15.1 Å². The topological polar surface area (TPSA) is 86.2 Å². The Morgan fingerprint density at radius 3 is 2.77 bits per heavy atom. The molecule has 0 aliphatic carbocycles. The Hall–Kier alpha value is -1.65. The van der Waals surface area contributed by atoms with Gasteiger partial charge in [0.05, 0.1) is 5.41 Å². The molecular weight excluding hydrogens is 172 g/mol. The Labute approximate surface area is 74.9 Å². The third kappa shape index (κ3) is 1.58. The zero-order valence-electron chi connectivity index (χ0n) is 7.33. The van der Waals surface area contributed by atoms with E-state index in [1.54, 1.807) is 13.8 Å². The molecule has 0 aliphatic rings. The second-order valence-electron chi connectivity index (χ2n) is 3.21. The maximum Gasteiger partial charge on any atom is 0.254 e. The average Bonchev–Trinajstić information content (AvgIpc) is 2.52. The first-order chi connectivity index (χ1) is 5.99. The minimum absolute atomic E-state index is 0.0251. The van der Waals surface area contributed by atoms with Crippen LogP contribution in [0.4, 0.5) is 0 Å². The molecule has 1 aromatic heterocycles. The summed E-state index contributed by atoms with van der Waals surface area (Å²) in [4.78, 5) is 21.5. The predicted molar refractivity (Wildman–Crippen MR) is 42.9 cm³/mol. The molecule has 1 rings (SSSR count). The quantitative estimate of drug-likeness (QED) is 0.667. The van der Waals surface area contributed by atoms with Gasteiger partial charge in [-0.2, -0.15) is 0 Å². The maximum atomic E-state index is 10.8. The summed E-state index contributed by atoms with van der Waals surface area (Å²) in [7, 11) is 0. The van der Waals surface area contributed by atoms with Crippen LogP contribution >= 0.6 is 0 Å². The van der Waals surface area contributed by atoms with Crippen LogP contribution < -0.4 is 5.73 Å². The lowest BCUT2D eigenvalue weighted by molar-refractivity contribution is -0.111. The molecule has 0 saturated carbocycles. The van der Waals surface area contributed by atoms with Crippen molar-refractivity contribution in [3.8, 4) is 0 Å². The lowest BCUT2D eigenvalue weighted by Crippen LogP contribution is -2.24. The van der Waals surface area contributed by atoms with Crippen molar-refractivity contribution < 1.29 is 14.1 Å². The molecule has 69 valence electrons. The molecule has 1 radical (unpaired) electrons. The molecule has 5 heteroatoms. The van der Waals surface area contributed by atoms with E-state index in [2.05, 4.69) is 15.9 Å². The van der Waals surface area contributed by atoms with Crippen LogP contribution in [0.1, 0.15) is 29.9 Å². The smallest absolute Gasteiger partial charge is 0.254 e. The number of carbonyl (C=O) groups is 2. The van der Waals surface area contributed by atoms with Crippen LogP contribution in [0.5, 0.6) is 0 Å². The minimum Gasteiger partial charge on any atom is -0.365 e. The van der Waals surface area contributed by atoms with Gasteiger partial charge in [0.1, 0.15) is 17.5 Å². The molecule has 0 aliphatic heterocycles. The molecule has 5 nitrogen and oxygen atoms in total. The molecule has 0 saturated heterocycles. The van der Waals surface area contributed by atoms with Gasteiger partial charge in [-0.15, -0.1) is 0 Å². The van der Waals surface area contributed by atoms with E-state index in [0.29, 0.717) is 6.29 Å². The normalized spacial score (nSPS) is 11.2. The summed E-state index contributed by atoms with van der Waals surface area (Å²) in [5.41, 5.74) is 4.39. The van der Waals surface area contributed by atoms with E-state index < -0.39 is 11.3 Å². The number of carbonyl (C=O) groups excluding carboxylic acids is 2. The highest BCUT2D eigenvalue weighted by Crippen LogP contribution is 2.21. The molecule has 1 aromatic rings. The van der Waals surface area contributed by atoms with Gasteiger partial charge in [-0.05, 0) is 13.8 Å². The summed E-state index contributed by atoms with van der Waals surface area (Å²) < 4.78 is 4.46. The van der Waals surface area contributed by atoms with Crippen LogP contribution in [0.25, 0.3) is 0 Å². The third-order valence-electron chi connectivity index (χ3n) is 1.67. The second-order valence-corrected chi connectivity index (χ2v) is 3.21. The Kier molecular flexibility index (Phi) is 2.18. The van der Waals surface area contributed by atoms with Crippen LogP contribution in [-0.4, -0.2) is 17.4 Å². The van der Waals surface area contributed by atoms with Crippen molar-refractivity contribution in [1.82, 2.24) is 5.16 Å². The average molecular weight is 181 g/mol. The number of hydrogen-bond acceptors (Lipinski definition) is 4. The van der Waals surface area contributed by atoms with E-state index in [9.17, 15) is 9.59 Å². The van der Waals surface area contributed by atoms with Crippen molar-refractivity contribution in [3.05, 3.63) is 17.5 Å². The van der Waals surface area contributed by atoms with Crippen molar-refractivity contribution in [1.29, 1.82) is 0 Å². The fourth-order valence-electron chi connectivity index (χ4n) is 0.871. The summed E-state index contributed by atoms with van der Waals surface area (Å²) in [5, 5.41) is 3.52. The Bertz CT molecular complexity index is 341. The monoisotopic (exact) mass is 181 g/mol. The molecular formula is C8H9N2O3. The summed E-state index contributed by atoms with van der Waals surface area (Å²) in [6.07, 6.45) is 2.90. The van der Waals surface area contributed by atoms with E-state index in [-0.39, 0.29) is 11.3 Å². The van der Waals surface area contributed by atoms with Crippen LogP contribution in [0.15, 0.2) is 4.52 Å². The number of nitrogens with two attached hydrogens (primary N) is 1. The zero-order valence-corrected chi connectivity index (χ0v) is 7.33. The molecule has 0 unspecified atom stereocenters. The van der Waals surface area contributed by atoms with Gasteiger partial charge in [0, 0.05) is 0 Å².